The van der Waals surface area contributed by atoms with Crippen molar-refractivity contribution in [1.82, 2.24) is 0 Å². The lowest BCUT2D eigenvalue weighted by atomic mass is 9.67. The minimum Gasteiger partial charge on any atom is -0.461 e. The maximum Gasteiger partial charge on any atom is 0.316 e. The number of cyclic esters (lactones) is 1. The highest BCUT2D eigenvalue weighted by molar-refractivity contribution is 5.86. The largest absolute Gasteiger partial charge is 0.461 e. The molecule has 1 fully saturated rings. The molecule has 3 rings (SSSR count). The van der Waals surface area contributed by atoms with E-state index in [0.29, 0.717) is 5.92 Å². The fourth-order valence-corrected chi connectivity index (χ4v) is 4.01. The molecule has 2 aliphatic rings. The van der Waals surface area contributed by atoms with E-state index in [0.717, 1.165) is 36.8 Å². The zero-order valence-electron chi connectivity index (χ0n) is 15.0. The van der Waals surface area contributed by atoms with Crippen LogP contribution in [0.4, 0.5) is 0 Å². The van der Waals surface area contributed by atoms with Crippen molar-refractivity contribution in [3.05, 3.63) is 47.5 Å². The van der Waals surface area contributed by atoms with Crippen LogP contribution in [0.5, 0.6) is 0 Å². The van der Waals surface area contributed by atoms with E-state index >= 15 is 0 Å². The van der Waals surface area contributed by atoms with Crippen molar-refractivity contribution in [3.63, 3.8) is 0 Å². The average Bonchev–Trinajstić information content (AvgIpc) is 2.86. The molecule has 134 valence electrons. The topological polar surface area (TPSA) is 52.6 Å². The van der Waals surface area contributed by atoms with Crippen LogP contribution in [-0.4, -0.2) is 18.0 Å². The van der Waals surface area contributed by atoms with Gasteiger partial charge in [-0.3, -0.25) is 9.59 Å². The van der Waals surface area contributed by atoms with Crippen LogP contribution in [0.25, 0.3) is 0 Å². The molecule has 0 amide bonds. The minimum absolute atomic E-state index is 0.0998. The van der Waals surface area contributed by atoms with Crippen molar-refractivity contribution in [1.29, 1.82) is 0 Å². The Hall–Kier alpha value is -2.10. The number of esters is 2. The zero-order valence-corrected chi connectivity index (χ0v) is 15.0. The quantitative estimate of drug-likeness (QED) is 0.575. The summed E-state index contributed by atoms with van der Waals surface area (Å²) < 4.78 is 11.0. The van der Waals surface area contributed by atoms with E-state index < -0.39 is 11.5 Å². The molecule has 0 N–H and O–H groups in total. The molecule has 4 heteroatoms. The number of fused-ring (bicyclic) bond motifs is 1. The Morgan fingerprint density at radius 1 is 1.32 bits per heavy atom. The fourth-order valence-electron chi connectivity index (χ4n) is 4.01. The third kappa shape index (κ3) is 3.63. The fraction of sp³-hybridized carbons (Fsp3) is 0.524. The van der Waals surface area contributed by atoms with E-state index in [1.165, 1.54) is 0 Å². The van der Waals surface area contributed by atoms with Crippen molar-refractivity contribution >= 4 is 11.9 Å². The second-order valence-electron chi connectivity index (χ2n) is 7.21. The van der Waals surface area contributed by atoms with E-state index in [4.69, 9.17) is 9.47 Å². The monoisotopic (exact) mass is 342 g/mol. The smallest absolute Gasteiger partial charge is 0.316 e. The molecule has 4 nitrogen and oxygen atoms in total. The van der Waals surface area contributed by atoms with Crippen LogP contribution in [0.2, 0.25) is 0 Å². The summed E-state index contributed by atoms with van der Waals surface area (Å²) in [7, 11) is 0. The van der Waals surface area contributed by atoms with Gasteiger partial charge in [0.2, 0.25) is 0 Å². The summed E-state index contributed by atoms with van der Waals surface area (Å²) in [5, 5.41) is 0. The summed E-state index contributed by atoms with van der Waals surface area (Å²) in [4.78, 5) is 24.8. The molecule has 0 aromatic heterocycles. The van der Waals surface area contributed by atoms with Crippen LogP contribution in [0.15, 0.2) is 42.0 Å². The third-order valence-electron chi connectivity index (χ3n) is 5.30. The molecule has 1 aromatic carbocycles. The second kappa shape index (κ2) is 7.42. The van der Waals surface area contributed by atoms with E-state index in [9.17, 15) is 9.59 Å². The van der Waals surface area contributed by atoms with Crippen LogP contribution in [-0.2, 0) is 25.7 Å². The summed E-state index contributed by atoms with van der Waals surface area (Å²) in [6.07, 6.45) is 5.31. The van der Waals surface area contributed by atoms with Gasteiger partial charge in [-0.05, 0) is 36.3 Å². The molecule has 1 saturated heterocycles. The molecule has 1 aliphatic heterocycles. The number of carbonyl (C=O) groups excluding carboxylic acids is 2. The average molecular weight is 342 g/mol. The number of rotatable bonds is 6. The molecular formula is C21H26O4. The lowest BCUT2D eigenvalue weighted by Crippen LogP contribution is -2.32. The predicted octanol–water partition coefficient (Wildman–Crippen LogP) is 4.19. The van der Waals surface area contributed by atoms with Gasteiger partial charge in [0, 0.05) is 0 Å². The van der Waals surface area contributed by atoms with Gasteiger partial charge in [0.25, 0.3) is 0 Å². The highest BCUT2D eigenvalue weighted by Crippen LogP contribution is 2.51. The Balaban J connectivity index is 1.68. The Kier molecular flexibility index (Phi) is 5.26. The first-order valence-electron chi connectivity index (χ1n) is 9.18. The highest BCUT2D eigenvalue weighted by atomic mass is 16.6. The standard InChI is InChI=1S/C21H26O4/c1-3-10-21-11-9-15(2)12-17(21)18(25-20(21)23)13-19(22)24-14-16-7-5-4-6-8-16/h4-8,12,15,18H,3,9-11,13-14H2,1-2H3/t15-,18?,21+/m1/s1. The Bertz CT molecular complexity index is 664. The van der Waals surface area contributed by atoms with Crippen molar-refractivity contribution in [2.75, 3.05) is 0 Å². The van der Waals surface area contributed by atoms with Gasteiger partial charge in [0.1, 0.15) is 12.7 Å². The highest BCUT2D eigenvalue weighted by Gasteiger charge is 2.54. The van der Waals surface area contributed by atoms with Gasteiger partial charge in [0.15, 0.2) is 0 Å². The van der Waals surface area contributed by atoms with Crippen LogP contribution in [0.3, 0.4) is 0 Å². The first-order valence-corrected chi connectivity index (χ1v) is 9.18. The number of ether oxygens (including phenoxy) is 2. The SMILES string of the molecule is CCC[C@]12CC[C@@H](C)C=C1C(CC(=O)OCc1ccccc1)OC2=O. The minimum atomic E-state index is -0.508. The normalized spacial score (nSPS) is 28.1. The second-order valence-corrected chi connectivity index (χ2v) is 7.21. The molecule has 1 heterocycles. The molecule has 0 bridgehead atoms. The molecule has 3 atom stereocenters. The molecule has 25 heavy (non-hydrogen) atoms. The molecule has 0 saturated carbocycles. The number of benzene rings is 1. The summed E-state index contributed by atoms with van der Waals surface area (Å²) in [5.74, 6) is -0.0706. The molecule has 1 aliphatic carbocycles. The molecule has 0 radical (unpaired) electrons. The Labute approximate surface area is 149 Å². The van der Waals surface area contributed by atoms with Crippen LogP contribution < -0.4 is 0 Å². The van der Waals surface area contributed by atoms with Crippen LogP contribution in [0.1, 0.15) is 51.5 Å². The van der Waals surface area contributed by atoms with Crippen LogP contribution >= 0.6 is 0 Å². The lowest BCUT2D eigenvalue weighted by molar-refractivity contribution is -0.153. The van der Waals surface area contributed by atoms with Gasteiger partial charge in [-0.25, -0.2) is 0 Å². The van der Waals surface area contributed by atoms with Gasteiger partial charge < -0.3 is 9.47 Å². The first-order chi connectivity index (χ1) is 12.0. The van der Waals surface area contributed by atoms with Gasteiger partial charge in [0.05, 0.1) is 11.8 Å². The zero-order chi connectivity index (χ0) is 17.9. The molecular weight excluding hydrogens is 316 g/mol. The maximum atomic E-state index is 12.6. The van der Waals surface area contributed by atoms with Crippen molar-refractivity contribution in [2.45, 2.75) is 58.7 Å². The van der Waals surface area contributed by atoms with Gasteiger partial charge in [-0.15, -0.1) is 0 Å². The van der Waals surface area contributed by atoms with Crippen molar-refractivity contribution in [3.8, 4) is 0 Å². The summed E-state index contributed by atoms with van der Waals surface area (Å²) in [6.45, 7) is 4.48. The summed E-state index contributed by atoms with van der Waals surface area (Å²) in [6, 6.07) is 9.58. The summed E-state index contributed by atoms with van der Waals surface area (Å²) >= 11 is 0. The Morgan fingerprint density at radius 3 is 2.80 bits per heavy atom. The first kappa shape index (κ1) is 17.7. The maximum absolute atomic E-state index is 12.6. The number of carbonyl (C=O) groups is 2. The molecule has 0 spiro atoms. The molecule has 1 unspecified atom stereocenters. The van der Waals surface area contributed by atoms with E-state index in [1.54, 1.807) is 0 Å². The number of hydrogen-bond acceptors (Lipinski definition) is 4. The number of allylic oxidation sites excluding steroid dienone is 1. The van der Waals surface area contributed by atoms with E-state index in [1.807, 2.05) is 30.3 Å². The Morgan fingerprint density at radius 2 is 2.08 bits per heavy atom. The van der Waals surface area contributed by atoms with E-state index in [2.05, 4.69) is 19.9 Å². The predicted molar refractivity (Wildman–Crippen MR) is 94.6 cm³/mol. The lowest BCUT2D eigenvalue weighted by Gasteiger charge is -2.32. The van der Waals surface area contributed by atoms with Crippen LogP contribution in [0, 0.1) is 11.3 Å². The number of hydrogen-bond donors (Lipinski definition) is 0. The van der Waals surface area contributed by atoms with Gasteiger partial charge in [-0.1, -0.05) is 56.7 Å². The summed E-state index contributed by atoms with van der Waals surface area (Å²) in [5.41, 5.74) is 1.45. The van der Waals surface area contributed by atoms with E-state index in [-0.39, 0.29) is 25.0 Å². The van der Waals surface area contributed by atoms with Crippen molar-refractivity contribution < 1.29 is 19.1 Å². The third-order valence-corrected chi connectivity index (χ3v) is 5.30. The van der Waals surface area contributed by atoms with Gasteiger partial charge in [-0.2, -0.15) is 0 Å². The van der Waals surface area contributed by atoms with Crippen molar-refractivity contribution in [2.24, 2.45) is 11.3 Å². The molecule has 1 aromatic rings. The van der Waals surface area contributed by atoms with Gasteiger partial charge >= 0.3 is 11.9 Å².